The van der Waals surface area contributed by atoms with Gasteiger partial charge < -0.3 is 10.2 Å². The second-order valence-electron chi connectivity index (χ2n) is 5.14. The first-order valence-corrected chi connectivity index (χ1v) is 8.05. The topological polar surface area (TPSA) is 35.6 Å². The number of rotatable bonds is 3. The van der Waals surface area contributed by atoms with Crippen molar-refractivity contribution in [3.8, 4) is 0 Å². The number of hydrogen-bond donors (Lipinski definition) is 1. The Labute approximate surface area is 129 Å². The smallest absolute Gasteiger partial charge is 0.321 e. The summed E-state index contributed by atoms with van der Waals surface area (Å²) < 4.78 is 0. The highest BCUT2D eigenvalue weighted by atomic mass is 32.1. The van der Waals surface area contributed by atoms with Crippen molar-refractivity contribution in [2.75, 3.05) is 31.5 Å². The fourth-order valence-corrected chi connectivity index (χ4v) is 3.20. The van der Waals surface area contributed by atoms with Gasteiger partial charge in [-0.2, -0.15) is 0 Å². The minimum Gasteiger partial charge on any atom is -0.322 e. The molecule has 2 amide bonds. The molecule has 1 aliphatic rings. The molecule has 0 unspecified atom stereocenters. The lowest BCUT2D eigenvalue weighted by molar-refractivity contribution is 0.143. The summed E-state index contributed by atoms with van der Waals surface area (Å²) in [5.41, 5.74) is 0.850. The molecule has 1 aromatic heterocycles. The van der Waals surface area contributed by atoms with Crippen molar-refractivity contribution in [2.45, 2.75) is 6.54 Å². The number of nitrogens with zero attached hydrogens (tertiary/aromatic N) is 2. The highest BCUT2D eigenvalue weighted by molar-refractivity contribution is 7.09. The molecule has 1 fully saturated rings. The summed E-state index contributed by atoms with van der Waals surface area (Å²) in [7, 11) is 0. The number of para-hydroxylation sites is 1. The van der Waals surface area contributed by atoms with Crippen LogP contribution in [0.2, 0.25) is 0 Å². The predicted octanol–water partition coefficient (Wildman–Crippen LogP) is 3.10. The molecule has 3 rings (SSSR count). The van der Waals surface area contributed by atoms with E-state index in [0.717, 1.165) is 38.4 Å². The van der Waals surface area contributed by atoms with Crippen molar-refractivity contribution in [1.29, 1.82) is 0 Å². The average molecular weight is 301 g/mol. The molecule has 2 aromatic rings. The molecule has 0 spiro atoms. The molecule has 1 saturated heterocycles. The Morgan fingerprint density at radius 1 is 1.05 bits per heavy atom. The zero-order valence-electron chi connectivity index (χ0n) is 11.9. The third kappa shape index (κ3) is 3.83. The van der Waals surface area contributed by atoms with Gasteiger partial charge in [0, 0.05) is 43.3 Å². The highest BCUT2D eigenvalue weighted by Gasteiger charge is 2.21. The third-order valence-electron chi connectivity index (χ3n) is 3.64. The minimum atomic E-state index is -0.00280. The molecular formula is C16H19N3OS. The van der Waals surface area contributed by atoms with Crippen molar-refractivity contribution in [2.24, 2.45) is 0 Å². The van der Waals surface area contributed by atoms with Crippen molar-refractivity contribution in [3.05, 3.63) is 52.7 Å². The molecule has 1 aliphatic heterocycles. The van der Waals surface area contributed by atoms with Gasteiger partial charge in [-0.1, -0.05) is 24.3 Å². The van der Waals surface area contributed by atoms with E-state index in [4.69, 9.17) is 0 Å². The number of carbonyl (C=O) groups excluding carboxylic acids is 1. The van der Waals surface area contributed by atoms with Gasteiger partial charge in [0.2, 0.25) is 0 Å². The molecule has 21 heavy (non-hydrogen) atoms. The zero-order chi connectivity index (χ0) is 14.5. The fourth-order valence-electron chi connectivity index (χ4n) is 2.46. The van der Waals surface area contributed by atoms with E-state index in [1.54, 1.807) is 11.3 Å². The molecule has 0 bridgehead atoms. The van der Waals surface area contributed by atoms with Crippen LogP contribution in [0.25, 0.3) is 0 Å². The molecule has 0 aliphatic carbocycles. The van der Waals surface area contributed by atoms with Gasteiger partial charge in [-0.25, -0.2) is 4.79 Å². The van der Waals surface area contributed by atoms with Gasteiger partial charge >= 0.3 is 6.03 Å². The maximum Gasteiger partial charge on any atom is 0.321 e. The molecule has 2 heterocycles. The third-order valence-corrected chi connectivity index (χ3v) is 4.51. The van der Waals surface area contributed by atoms with Gasteiger partial charge in [0.25, 0.3) is 0 Å². The van der Waals surface area contributed by atoms with Crippen LogP contribution >= 0.6 is 11.3 Å². The first kappa shape index (κ1) is 14.1. The van der Waals surface area contributed by atoms with Crippen LogP contribution in [-0.2, 0) is 6.54 Å². The van der Waals surface area contributed by atoms with Crippen molar-refractivity contribution < 1.29 is 4.79 Å². The van der Waals surface area contributed by atoms with Crippen LogP contribution in [0, 0.1) is 0 Å². The minimum absolute atomic E-state index is 0.00280. The first-order valence-electron chi connectivity index (χ1n) is 7.17. The maximum absolute atomic E-state index is 12.2. The summed E-state index contributed by atoms with van der Waals surface area (Å²) in [6.07, 6.45) is 0. The summed E-state index contributed by atoms with van der Waals surface area (Å²) in [4.78, 5) is 17.9. The summed E-state index contributed by atoms with van der Waals surface area (Å²) in [5.74, 6) is 0. The van der Waals surface area contributed by atoms with E-state index in [0.29, 0.717) is 0 Å². The summed E-state index contributed by atoms with van der Waals surface area (Å²) >= 11 is 1.79. The van der Waals surface area contributed by atoms with Crippen LogP contribution in [0.3, 0.4) is 0 Å². The number of hydrogen-bond acceptors (Lipinski definition) is 3. The molecule has 1 aromatic carbocycles. The van der Waals surface area contributed by atoms with Gasteiger partial charge in [-0.15, -0.1) is 11.3 Å². The number of piperazine rings is 1. The predicted molar refractivity (Wildman–Crippen MR) is 86.6 cm³/mol. The standard InChI is InChI=1S/C16H19N3OS/c20-16(17-14-5-2-1-3-6-14)19-10-8-18(9-11-19)13-15-7-4-12-21-15/h1-7,12H,8-11,13H2,(H,17,20). The number of thiophene rings is 1. The fraction of sp³-hybridized carbons (Fsp3) is 0.312. The van der Waals surface area contributed by atoms with Gasteiger partial charge in [-0.05, 0) is 23.6 Å². The van der Waals surface area contributed by atoms with E-state index in [2.05, 4.69) is 27.7 Å². The van der Waals surface area contributed by atoms with Crippen molar-refractivity contribution in [1.82, 2.24) is 9.80 Å². The Morgan fingerprint density at radius 3 is 2.48 bits per heavy atom. The van der Waals surface area contributed by atoms with Crippen LogP contribution in [0.5, 0.6) is 0 Å². The van der Waals surface area contributed by atoms with E-state index in [1.807, 2.05) is 35.2 Å². The lowest BCUT2D eigenvalue weighted by Gasteiger charge is -2.34. The molecule has 4 nitrogen and oxygen atoms in total. The quantitative estimate of drug-likeness (QED) is 0.945. The van der Waals surface area contributed by atoms with Gasteiger partial charge in [0.1, 0.15) is 0 Å². The van der Waals surface area contributed by atoms with Crippen molar-refractivity contribution >= 4 is 23.1 Å². The lowest BCUT2D eigenvalue weighted by Crippen LogP contribution is -2.49. The molecule has 0 atom stereocenters. The largest absolute Gasteiger partial charge is 0.322 e. The molecular weight excluding hydrogens is 282 g/mol. The van der Waals surface area contributed by atoms with Gasteiger partial charge in [-0.3, -0.25) is 4.90 Å². The Balaban J connectivity index is 1.48. The number of urea groups is 1. The SMILES string of the molecule is O=C(Nc1ccccc1)N1CCN(Cc2cccs2)CC1. The Morgan fingerprint density at radius 2 is 1.81 bits per heavy atom. The summed E-state index contributed by atoms with van der Waals surface area (Å²) in [6, 6.07) is 13.9. The van der Waals surface area contributed by atoms with Gasteiger partial charge in [0.15, 0.2) is 0 Å². The Kier molecular flexibility index (Phi) is 4.52. The molecule has 1 N–H and O–H groups in total. The van der Waals surface area contributed by atoms with Crippen LogP contribution in [0.4, 0.5) is 10.5 Å². The van der Waals surface area contributed by atoms with E-state index in [-0.39, 0.29) is 6.03 Å². The molecule has 5 heteroatoms. The Hall–Kier alpha value is -1.85. The summed E-state index contributed by atoms with van der Waals surface area (Å²) in [5, 5.41) is 5.05. The van der Waals surface area contributed by atoms with E-state index in [1.165, 1.54) is 4.88 Å². The number of amides is 2. The van der Waals surface area contributed by atoms with Gasteiger partial charge in [0.05, 0.1) is 0 Å². The van der Waals surface area contributed by atoms with E-state index in [9.17, 15) is 4.79 Å². The Bertz CT molecular complexity index is 562. The number of benzene rings is 1. The first-order chi connectivity index (χ1) is 10.3. The van der Waals surface area contributed by atoms with Crippen LogP contribution in [0.1, 0.15) is 4.88 Å². The number of anilines is 1. The van der Waals surface area contributed by atoms with E-state index >= 15 is 0 Å². The van der Waals surface area contributed by atoms with Crippen LogP contribution in [0.15, 0.2) is 47.8 Å². The van der Waals surface area contributed by atoms with Crippen molar-refractivity contribution in [3.63, 3.8) is 0 Å². The summed E-state index contributed by atoms with van der Waals surface area (Å²) in [6.45, 7) is 4.42. The number of nitrogens with one attached hydrogen (secondary N) is 1. The second-order valence-corrected chi connectivity index (χ2v) is 6.17. The highest BCUT2D eigenvalue weighted by Crippen LogP contribution is 2.14. The number of carbonyl (C=O) groups is 1. The van der Waals surface area contributed by atoms with E-state index < -0.39 is 0 Å². The molecule has 0 saturated carbocycles. The normalized spacial score (nSPS) is 15.9. The second kappa shape index (κ2) is 6.74. The zero-order valence-corrected chi connectivity index (χ0v) is 12.7. The lowest BCUT2D eigenvalue weighted by atomic mass is 10.3. The van der Waals surface area contributed by atoms with Crippen LogP contribution in [-0.4, -0.2) is 42.0 Å². The maximum atomic E-state index is 12.2. The monoisotopic (exact) mass is 301 g/mol. The molecule has 110 valence electrons. The average Bonchev–Trinajstić information content (AvgIpc) is 3.02. The molecule has 0 radical (unpaired) electrons. The van der Waals surface area contributed by atoms with Crippen LogP contribution < -0.4 is 5.32 Å².